The molecule has 0 spiro atoms. The van der Waals surface area contributed by atoms with Gasteiger partial charge in [-0.25, -0.2) is 0 Å². The van der Waals surface area contributed by atoms with Crippen molar-refractivity contribution in [1.82, 2.24) is 0 Å². The fraction of sp³-hybridized carbons (Fsp3) is 0.667. The van der Waals surface area contributed by atoms with Crippen molar-refractivity contribution in [2.24, 2.45) is 0 Å². The number of hydrogen-bond donors (Lipinski definition) is 0. The minimum Gasteiger partial charge on any atom is -0.300 e. The molecule has 0 aliphatic rings. The molecule has 0 aromatic rings. The van der Waals surface area contributed by atoms with Crippen molar-refractivity contribution < 1.29 is 9.59 Å². The summed E-state index contributed by atoms with van der Waals surface area (Å²) in [6, 6.07) is 0. The quantitative estimate of drug-likeness (QED) is 0.618. The fourth-order valence-corrected chi connectivity index (χ4v) is 0. The molecule has 0 rings (SSSR count). The van der Waals surface area contributed by atoms with Crippen molar-refractivity contribution in [1.29, 1.82) is 0 Å². The predicted molar refractivity (Wildman–Crippen MR) is 38.5 cm³/mol. The molecule has 51 valence electrons. The third-order valence-corrected chi connectivity index (χ3v) is 0. The molecular weight excluding hydrogens is 219 g/mol. The van der Waals surface area contributed by atoms with Gasteiger partial charge in [0.2, 0.25) is 0 Å². The molecule has 0 fully saturated rings. The summed E-state index contributed by atoms with van der Waals surface area (Å²) in [5, 5.41) is 0. The Bertz CT molecular complexity index is 69.1. The standard InChI is InChI=1S/2C3H6O.In/c2*1-3(2)4;/h2*1-2H3;. The van der Waals surface area contributed by atoms with Crippen molar-refractivity contribution in [3.63, 3.8) is 0 Å². The molecule has 3 heteroatoms. The van der Waals surface area contributed by atoms with Gasteiger partial charge in [-0.1, -0.05) is 0 Å². The van der Waals surface area contributed by atoms with Crippen LogP contribution in [0.4, 0.5) is 0 Å². The Morgan fingerprint density at radius 2 is 0.778 bits per heavy atom. The molecule has 2 nitrogen and oxygen atoms in total. The van der Waals surface area contributed by atoms with Gasteiger partial charge in [0.1, 0.15) is 11.6 Å². The first-order valence-corrected chi connectivity index (χ1v) is 2.41. The van der Waals surface area contributed by atoms with E-state index in [9.17, 15) is 9.59 Å². The summed E-state index contributed by atoms with van der Waals surface area (Å²) in [6.07, 6.45) is 0. The molecule has 0 aromatic heterocycles. The fourth-order valence-electron chi connectivity index (χ4n) is 0. The molecule has 0 saturated heterocycles. The second-order valence-corrected chi connectivity index (χ2v) is 1.82. The van der Waals surface area contributed by atoms with Gasteiger partial charge in [0.15, 0.2) is 0 Å². The summed E-state index contributed by atoms with van der Waals surface area (Å²) in [5.41, 5.74) is 0. The van der Waals surface area contributed by atoms with Crippen LogP contribution >= 0.6 is 0 Å². The molecule has 0 saturated carbocycles. The number of rotatable bonds is 0. The predicted octanol–water partition coefficient (Wildman–Crippen LogP) is 0.810. The Labute approximate surface area is 74.8 Å². The molecule has 0 atom stereocenters. The van der Waals surface area contributed by atoms with Crippen LogP contribution in [0, 0.1) is 0 Å². The number of hydrogen-bond acceptors (Lipinski definition) is 2. The maximum absolute atomic E-state index is 9.44. The van der Waals surface area contributed by atoms with E-state index in [4.69, 9.17) is 0 Å². The Balaban J connectivity index is -0.0000000720. The van der Waals surface area contributed by atoms with Crippen molar-refractivity contribution in [2.45, 2.75) is 27.7 Å². The zero-order valence-corrected chi connectivity index (χ0v) is 9.69. The molecule has 0 aromatic carbocycles. The van der Waals surface area contributed by atoms with E-state index in [1.54, 1.807) is 0 Å². The summed E-state index contributed by atoms with van der Waals surface area (Å²) in [7, 11) is 0. The number of ketones is 2. The molecule has 3 radical (unpaired) electrons. The van der Waals surface area contributed by atoms with Gasteiger partial charge in [-0.3, -0.25) is 0 Å². The van der Waals surface area contributed by atoms with Gasteiger partial charge in [0.05, 0.1) is 0 Å². The van der Waals surface area contributed by atoms with Gasteiger partial charge in [0, 0.05) is 25.8 Å². The molecule has 0 bridgehead atoms. The van der Waals surface area contributed by atoms with Crippen LogP contribution in [0.15, 0.2) is 0 Å². The topological polar surface area (TPSA) is 34.1 Å². The van der Waals surface area contributed by atoms with Crippen molar-refractivity contribution >= 4 is 37.4 Å². The van der Waals surface area contributed by atoms with Crippen LogP contribution in [0.25, 0.3) is 0 Å². The summed E-state index contributed by atoms with van der Waals surface area (Å²) in [5.74, 6) is 0.333. The Morgan fingerprint density at radius 3 is 0.778 bits per heavy atom. The van der Waals surface area contributed by atoms with E-state index in [2.05, 4.69) is 0 Å². The van der Waals surface area contributed by atoms with Crippen LogP contribution in [0.1, 0.15) is 27.7 Å². The van der Waals surface area contributed by atoms with Crippen molar-refractivity contribution in [3.8, 4) is 0 Å². The van der Waals surface area contributed by atoms with E-state index in [1.807, 2.05) is 0 Å². The largest absolute Gasteiger partial charge is 0.300 e. The smallest absolute Gasteiger partial charge is 0.126 e. The molecule has 0 heterocycles. The SMILES string of the molecule is CC(C)=O.CC(C)=O.[In]. The monoisotopic (exact) mass is 231 g/mol. The molecule has 0 aliphatic heterocycles. The minimum absolute atomic E-state index is 0. The van der Waals surface area contributed by atoms with Crippen LogP contribution in [-0.2, 0) is 9.59 Å². The van der Waals surface area contributed by atoms with E-state index in [0.29, 0.717) is 0 Å². The van der Waals surface area contributed by atoms with Gasteiger partial charge < -0.3 is 9.59 Å². The molecule has 0 amide bonds. The number of Topliss-reactive ketones (excluding diaryl/α,β-unsaturated/α-hetero) is 2. The minimum atomic E-state index is 0. The zero-order chi connectivity index (χ0) is 7.15. The third kappa shape index (κ3) is 7170. The average Bonchev–Trinajstić information content (AvgIpc) is 1.25. The van der Waals surface area contributed by atoms with E-state index in [1.165, 1.54) is 27.7 Å². The maximum Gasteiger partial charge on any atom is 0.126 e. The average molecular weight is 231 g/mol. The normalized spacial score (nSPS) is 5.78. The Morgan fingerprint density at radius 1 is 0.778 bits per heavy atom. The van der Waals surface area contributed by atoms with Crippen LogP contribution in [-0.4, -0.2) is 37.4 Å². The van der Waals surface area contributed by atoms with E-state index < -0.39 is 0 Å². The molecule has 9 heavy (non-hydrogen) atoms. The first-order chi connectivity index (χ1) is 3.46. The van der Waals surface area contributed by atoms with E-state index in [0.717, 1.165) is 0 Å². The molecule has 0 aliphatic carbocycles. The zero-order valence-electron chi connectivity index (χ0n) is 6.39. The van der Waals surface area contributed by atoms with Gasteiger partial charge in [-0.05, 0) is 27.7 Å². The first-order valence-electron chi connectivity index (χ1n) is 2.41. The van der Waals surface area contributed by atoms with Gasteiger partial charge in [0.25, 0.3) is 0 Å². The molecular formula is C6H12InO2. The molecule has 0 unspecified atom stereocenters. The summed E-state index contributed by atoms with van der Waals surface area (Å²) in [4.78, 5) is 18.9. The molecule has 0 N–H and O–H groups in total. The van der Waals surface area contributed by atoms with Crippen LogP contribution in [0.3, 0.4) is 0 Å². The van der Waals surface area contributed by atoms with Crippen molar-refractivity contribution in [2.75, 3.05) is 0 Å². The maximum atomic E-state index is 9.44. The second-order valence-electron chi connectivity index (χ2n) is 1.82. The summed E-state index contributed by atoms with van der Waals surface area (Å²) >= 11 is 0. The van der Waals surface area contributed by atoms with Gasteiger partial charge >= 0.3 is 0 Å². The van der Waals surface area contributed by atoms with Crippen LogP contribution < -0.4 is 0 Å². The third-order valence-electron chi connectivity index (χ3n) is 0. The van der Waals surface area contributed by atoms with Gasteiger partial charge in [-0.15, -0.1) is 0 Å². The first kappa shape index (κ1) is 16.1. The van der Waals surface area contributed by atoms with Crippen molar-refractivity contribution in [3.05, 3.63) is 0 Å². The Kier molecular flexibility index (Phi) is 19.8. The van der Waals surface area contributed by atoms with E-state index in [-0.39, 0.29) is 37.4 Å². The number of carbonyl (C=O) groups excluding carboxylic acids is 2. The van der Waals surface area contributed by atoms with Crippen LogP contribution in [0.5, 0.6) is 0 Å². The summed E-state index contributed by atoms with van der Waals surface area (Å²) in [6.45, 7) is 6.11. The summed E-state index contributed by atoms with van der Waals surface area (Å²) < 4.78 is 0. The van der Waals surface area contributed by atoms with Gasteiger partial charge in [-0.2, -0.15) is 0 Å². The Hall–Kier alpha value is 0.210. The van der Waals surface area contributed by atoms with E-state index >= 15 is 0 Å². The number of carbonyl (C=O) groups is 2. The van der Waals surface area contributed by atoms with Crippen LogP contribution in [0.2, 0.25) is 0 Å². The second kappa shape index (κ2) is 11.1.